The summed E-state index contributed by atoms with van der Waals surface area (Å²) in [5.41, 5.74) is 4.27. The average Bonchev–Trinajstić information content (AvgIpc) is 2.96. The Bertz CT molecular complexity index is 1120. The fourth-order valence-electron chi connectivity index (χ4n) is 6.76. The Labute approximate surface area is 240 Å². The summed E-state index contributed by atoms with van der Waals surface area (Å²) in [7, 11) is 1.77. The molecule has 1 aliphatic carbocycles. The standard InChI is InChI=1S/C34H47NO3S/c1-5-7-9-10-11-12-33(36)38-29-16-18-31-26(22-29)13-15-28-25-35(21-20-34(28,31)19-8-6-2)24-27-14-17-30(39-4)23-32(27)37-3/h6,14,16-18,22-23,28H,2,5,7-13,15,19-21,24-25H2,1,3-4H3. The molecule has 0 N–H and O–H groups in total. The minimum atomic E-state index is -0.101. The van der Waals surface area contributed by atoms with Crippen molar-refractivity contribution in [2.24, 2.45) is 5.92 Å². The molecule has 2 atom stereocenters. The van der Waals surface area contributed by atoms with Crippen LogP contribution < -0.4 is 9.47 Å². The highest BCUT2D eigenvalue weighted by Gasteiger charge is 2.46. The first-order valence-electron chi connectivity index (χ1n) is 14.9. The number of esters is 1. The van der Waals surface area contributed by atoms with Gasteiger partial charge in [0.1, 0.15) is 11.5 Å². The van der Waals surface area contributed by atoms with Gasteiger partial charge >= 0.3 is 5.97 Å². The van der Waals surface area contributed by atoms with Crippen molar-refractivity contribution in [1.29, 1.82) is 0 Å². The average molecular weight is 550 g/mol. The minimum absolute atomic E-state index is 0.101. The van der Waals surface area contributed by atoms with Crippen LogP contribution in [-0.4, -0.2) is 37.3 Å². The molecule has 0 amide bonds. The highest BCUT2D eigenvalue weighted by Crippen LogP contribution is 2.50. The van der Waals surface area contributed by atoms with Crippen LogP contribution in [0.25, 0.3) is 0 Å². The summed E-state index contributed by atoms with van der Waals surface area (Å²) < 4.78 is 11.5. The molecule has 5 heteroatoms. The highest BCUT2D eigenvalue weighted by atomic mass is 32.2. The second-order valence-electron chi connectivity index (χ2n) is 11.3. The zero-order chi connectivity index (χ0) is 27.7. The van der Waals surface area contributed by atoms with Crippen LogP contribution in [0.3, 0.4) is 0 Å². The van der Waals surface area contributed by atoms with Crippen LogP contribution in [0.5, 0.6) is 11.5 Å². The largest absolute Gasteiger partial charge is 0.496 e. The number of allylic oxidation sites excluding steroid dienone is 1. The van der Waals surface area contributed by atoms with E-state index in [-0.39, 0.29) is 11.4 Å². The molecule has 212 valence electrons. The van der Waals surface area contributed by atoms with E-state index in [0.717, 1.165) is 70.3 Å². The van der Waals surface area contributed by atoms with E-state index in [9.17, 15) is 4.79 Å². The van der Waals surface area contributed by atoms with Gasteiger partial charge in [0.05, 0.1) is 7.11 Å². The summed E-state index contributed by atoms with van der Waals surface area (Å²) in [5, 5.41) is 0. The Morgan fingerprint density at radius 3 is 2.79 bits per heavy atom. The molecule has 4 rings (SSSR count). The highest BCUT2D eigenvalue weighted by molar-refractivity contribution is 7.98. The summed E-state index contributed by atoms with van der Waals surface area (Å²) in [6.45, 7) is 9.34. The topological polar surface area (TPSA) is 38.8 Å². The second-order valence-corrected chi connectivity index (χ2v) is 12.2. The summed E-state index contributed by atoms with van der Waals surface area (Å²) in [6.07, 6.45) is 15.9. The summed E-state index contributed by atoms with van der Waals surface area (Å²) in [4.78, 5) is 16.3. The van der Waals surface area contributed by atoms with Crippen molar-refractivity contribution in [2.75, 3.05) is 26.5 Å². The van der Waals surface area contributed by atoms with E-state index in [1.165, 1.54) is 40.8 Å². The number of unbranched alkanes of at least 4 members (excludes halogenated alkanes) is 4. The molecule has 1 fully saturated rings. The zero-order valence-electron chi connectivity index (χ0n) is 24.3. The molecule has 0 spiro atoms. The summed E-state index contributed by atoms with van der Waals surface area (Å²) >= 11 is 1.75. The molecular formula is C34H47NO3S. The normalized spacial score (nSPS) is 20.6. The molecule has 2 aromatic carbocycles. The molecule has 39 heavy (non-hydrogen) atoms. The monoisotopic (exact) mass is 549 g/mol. The molecule has 1 saturated heterocycles. The molecule has 1 heterocycles. The number of methoxy groups -OCH3 is 1. The fraction of sp³-hybridized carbons (Fsp3) is 0.559. The molecule has 2 aliphatic rings. The van der Waals surface area contributed by atoms with E-state index in [2.05, 4.69) is 61.1 Å². The number of fused-ring (bicyclic) bond motifs is 3. The maximum atomic E-state index is 12.5. The maximum absolute atomic E-state index is 12.5. The Balaban J connectivity index is 1.45. The van der Waals surface area contributed by atoms with Gasteiger partial charge in [-0.2, -0.15) is 0 Å². The van der Waals surface area contributed by atoms with Crippen LogP contribution >= 0.6 is 11.8 Å². The molecule has 0 saturated carbocycles. The number of aryl methyl sites for hydroxylation is 1. The van der Waals surface area contributed by atoms with Gasteiger partial charge in [-0.25, -0.2) is 0 Å². The first kappa shape index (κ1) is 29.7. The number of hydrogen-bond acceptors (Lipinski definition) is 5. The number of ether oxygens (including phenoxy) is 2. The number of carbonyl (C=O) groups is 1. The van der Waals surface area contributed by atoms with Crippen LogP contribution in [0.1, 0.15) is 87.8 Å². The Morgan fingerprint density at radius 2 is 2.03 bits per heavy atom. The van der Waals surface area contributed by atoms with E-state index >= 15 is 0 Å². The van der Waals surface area contributed by atoms with Crippen molar-refractivity contribution in [1.82, 2.24) is 4.90 Å². The molecule has 0 radical (unpaired) electrons. The smallest absolute Gasteiger partial charge is 0.311 e. The predicted molar refractivity (Wildman–Crippen MR) is 163 cm³/mol. The van der Waals surface area contributed by atoms with Crippen LogP contribution in [0, 0.1) is 5.92 Å². The third-order valence-corrected chi connectivity index (χ3v) is 9.63. The van der Waals surface area contributed by atoms with Gasteiger partial charge < -0.3 is 9.47 Å². The molecule has 4 nitrogen and oxygen atoms in total. The van der Waals surface area contributed by atoms with E-state index < -0.39 is 0 Å². The van der Waals surface area contributed by atoms with Crippen LogP contribution in [0.4, 0.5) is 0 Å². The molecular weight excluding hydrogens is 502 g/mol. The van der Waals surface area contributed by atoms with E-state index in [4.69, 9.17) is 9.47 Å². The van der Waals surface area contributed by atoms with Crippen molar-refractivity contribution >= 4 is 17.7 Å². The van der Waals surface area contributed by atoms with Crippen LogP contribution in [0.2, 0.25) is 0 Å². The van der Waals surface area contributed by atoms with Crippen LogP contribution in [0.15, 0.2) is 53.9 Å². The van der Waals surface area contributed by atoms with Gasteiger partial charge in [-0.15, -0.1) is 18.3 Å². The van der Waals surface area contributed by atoms with Crippen molar-refractivity contribution in [2.45, 2.75) is 94.4 Å². The van der Waals surface area contributed by atoms with Crippen LogP contribution in [-0.2, 0) is 23.2 Å². The molecule has 0 aromatic heterocycles. The molecule has 2 unspecified atom stereocenters. The van der Waals surface area contributed by atoms with Gasteiger partial charge in [-0.3, -0.25) is 9.69 Å². The predicted octanol–water partition coefficient (Wildman–Crippen LogP) is 8.36. The number of rotatable bonds is 14. The van der Waals surface area contributed by atoms with E-state index in [0.29, 0.717) is 18.1 Å². The number of nitrogens with zero attached hydrogens (tertiary/aromatic N) is 1. The summed E-state index contributed by atoms with van der Waals surface area (Å²) in [6, 6.07) is 13.1. The van der Waals surface area contributed by atoms with Gasteiger partial charge in [0.15, 0.2) is 0 Å². The number of thioether (sulfide) groups is 1. The minimum Gasteiger partial charge on any atom is -0.496 e. The number of carbonyl (C=O) groups excluding carboxylic acids is 1. The second kappa shape index (κ2) is 14.4. The first-order valence-corrected chi connectivity index (χ1v) is 16.1. The maximum Gasteiger partial charge on any atom is 0.311 e. The molecule has 1 aliphatic heterocycles. The Kier molecular flexibility index (Phi) is 11.0. The lowest BCUT2D eigenvalue weighted by atomic mass is 9.58. The molecule has 2 aromatic rings. The zero-order valence-corrected chi connectivity index (χ0v) is 25.1. The Morgan fingerprint density at radius 1 is 1.18 bits per heavy atom. The lowest BCUT2D eigenvalue weighted by molar-refractivity contribution is -0.134. The lowest BCUT2D eigenvalue weighted by Gasteiger charge is -2.52. The quantitative estimate of drug-likeness (QED) is 0.0778. The fourth-order valence-corrected chi connectivity index (χ4v) is 7.19. The van der Waals surface area contributed by atoms with Crippen molar-refractivity contribution in [3.63, 3.8) is 0 Å². The lowest BCUT2D eigenvalue weighted by Crippen LogP contribution is -2.51. The van der Waals surface area contributed by atoms with Gasteiger partial charge in [0.2, 0.25) is 0 Å². The van der Waals surface area contributed by atoms with Gasteiger partial charge in [-0.1, -0.05) is 50.8 Å². The van der Waals surface area contributed by atoms with Crippen molar-refractivity contribution in [3.8, 4) is 11.5 Å². The van der Waals surface area contributed by atoms with Gasteiger partial charge in [0, 0.05) is 35.4 Å². The third kappa shape index (κ3) is 7.29. The van der Waals surface area contributed by atoms with Crippen molar-refractivity contribution in [3.05, 3.63) is 65.7 Å². The number of benzene rings is 2. The van der Waals surface area contributed by atoms with E-state index in [1.807, 2.05) is 6.07 Å². The molecule has 0 bridgehead atoms. The third-order valence-electron chi connectivity index (χ3n) is 8.91. The van der Waals surface area contributed by atoms with Crippen molar-refractivity contribution < 1.29 is 14.3 Å². The van der Waals surface area contributed by atoms with Gasteiger partial charge in [-0.05, 0) is 92.6 Å². The first-order chi connectivity index (χ1) is 19.0. The van der Waals surface area contributed by atoms with E-state index in [1.54, 1.807) is 18.9 Å². The van der Waals surface area contributed by atoms with Gasteiger partial charge in [0.25, 0.3) is 0 Å². The summed E-state index contributed by atoms with van der Waals surface area (Å²) in [5.74, 6) is 2.20. The number of piperidine rings is 1. The Hall–Kier alpha value is -2.24. The number of likely N-dealkylation sites (tertiary alicyclic amines) is 1. The SMILES string of the molecule is C=CCCC12CCN(Cc3ccc(SC)cc3OC)CC1CCc1cc(OC(=O)CCCCCCC)ccc12. The number of hydrogen-bond donors (Lipinski definition) is 0.